The van der Waals surface area contributed by atoms with Gasteiger partial charge >= 0.3 is 0 Å². The molecule has 0 radical (unpaired) electrons. The second kappa shape index (κ2) is 6.97. The fourth-order valence-corrected chi connectivity index (χ4v) is 2.54. The molecule has 2 aromatic heterocycles. The summed E-state index contributed by atoms with van der Waals surface area (Å²) in [4.78, 5) is 12.9. The predicted molar refractivity (Wildman–Crippen MR) is 94.9 cm³/mol. The van der Waals surface area contributed by atoms with Gasteiger partial charge in [0.25, 0.3) is 0 Å². The number of benzene rings is 2. The molecular weight excluding hydrogens is 312 g/mol. The summed E-state index contributed by atoms with van der Waals surface area (Å²) in [5, 5.41) is 0. The van der Waals surface area contributed by atoms with Crippen molar-refractivity contribution in [3.05, 3.63) is 97.0 Å². The SMILES string of the molecule is c1ccc(Cc2nccc(Oc3cccc(-n4ccnc4)c3)n2)cc1. The highest BCUT2D eigenvalue weighted by molar-refractivity contribution is 5.40. The van der Waals surface area contributed by atoms with Crippen LogP contribution in [0.25, 0.3) is 5.69 Å². The summed E-state index contributed by atoms with van der Waals surface area (Å²) in [6.45, 7) is 0. The predicted octanol–water partition coefficient (Wildman–Crippen LogP) is 4.05. The van der Waals surface area contributed by atoms with Gasteiger partial charge in [-0.2, -0.15) is 4.98 Å². The lowest BCUT2D eigenvalue weighted by molar-refractivity contribution is 0.459. The minimum absolute atomic E-state index is 0.531. The van der Waals surface area contributed by atoms with E-state index in [4.69, 9.17) is 4.74 Å². The van der Waals surface area contributed by atoms with E-state index in [2.05, 4.69) is 27.1 Å². The third kappa shape index (κ3) is 3.72. The van der Waals surface area contributed by atoms with E-state index in [1.54, 1.807) is 24.8 Å². The van der Waals surface area contributed by atoms with Crippen LogP contribution in [0.1, 0.15) is 11.4 Å². The first-order chi connectivity index (χ1) is 12.4. The van der Waals surface area contributed by atoms with Gasteiger partial charge in [0, 0.05) is 37.1 Å². The van der Waals surface area contributed by atoms with Crippen molar-refractivity contribution in [3.8, 4) is 17.3 Å². The van der Waals surface area contributed by atoms with Crippen LogP contribution in [0.15, 0.2) is 85.6 Å². The largest absolute Gasteiger partial charge is 0.439 e. The maximum Gasteiger partial charge on any atom is 0.222 e. The molecule has 122 valence electrons. The lowest BCUT2D eigenvalue weighted by Crippen LogP contribution is -1.98. The van der Waals surface area contributed by atoms with Crippen LogP contribution in [0.3, 0.4) is 0 Å². The zero-order chi connectivity index (χ0) is 16.9. The molecule has 0 spiro atoms. The van der Waals surface area contributed by atoms with Gasteiger partial charge in [-0.15, -0.1) is 0 Å². The highest BCUT2D eigenvalue weighted by Gasteiger charge is 2.05. The van der Waals surface area contributed by atoms with Crippen LogP contribution < -0.4 is 4.74 Å². The number of ether oxygens (including phenoxy) is 1. The summed E-state index contributed by atoms with van der Waals surface area (Å²) in [7, 11) is 0. The number of imidazole rings is 1. The van der Waals surface area contributed by atoms with Crippen molar-refractivity contribution < 1.29 is 4.74 Å². The first-order valence-electron chi connectivity index (χ1n) is 7.99. The average molecular weight is 328 g/mol. The Morgan fingerprint density at radius 1 is 0.920 bits per heavy atom. The zero-order valence-electron chi connectivity index (χ0n) is 13.5. The Morgan fingerprint density at radius 3 is 2.68 bits per heavy atom. The quantitative estimate of drug-likeness (QED) is 0.555. The number of aromatic nitrogens is 4. The lowest BCUT2D eigenvalue weighted by Gasteiger charge is -2.08. The molecular formula is C20H16N4O. The molecule has 0 aliphatic rings. The summed E-state index contributed by atoms with van der Waals surface area (Å²) in [6, 6.07) is 19.7. The molecule has 0 N–H and O–H groups in total. The summed E-state index contributed by atoms with van der Waals surface area (Å²) >= 11 is 0. The lowest BCUT2D eigenvalue weighted by atomic mass is 10.1. The molecule has 0 bridgehead atoms. The van der Waals surface area contributed by atoms with Crippen LogP contribution in [-0.4, -0.2) is 19.5 Å². The van der Waals surface area contributed by atoms with E-state index in [9.17, 15) is 0 Å². The van der Waals surface area contributed by atoms with Crippen LogP contribution in [0.4, 0.5) is 0 Å². The van der Waals surface area contributed by atoms with Crippen LogP contribution in [0, 0.1) is 0 Å². The number of rotatable bonds is 5. The minimum atomic E-state index is 0.531. The Bertz CT molecular complexity index is 952. The third-order valence-corrected chi connectivity index (χ3v) is 3.73. The zero-order valence-corrected chi connectivity index (χ0v) is 13.5. The van der Waals surface area contributed by atoms with Gasteiger partial charge in [-0.05, 0) is 17.7 Å². The van der Waals surface area contributed by atoms with E-state index in [1.807, 2.05) is 53.2 Å². The molecule has 0 saturated heterocycles. The molecule has 2 aromatic carbocycles. The molecule has 4 rings (SSSR count). The highest BCUT2D eigenvalue weighted by atomic mass is 16.5. The normalized spacial score (nSPS) is 10.6. The molecule has 0 unspecified atom stereocenters. The van der Waals surface area contributed by atoms with Gasteiger partial charge in [-0.3, -0.25) is 0 Å². The number of nitrogens with zero attached hydrogens (tertiary/aromatic N) is 4. The van der Waals surface area contributed by atoms with Gasteiger partial charge < -0.3 is 9.30 Å². The van der Waals surface area contributed by atoms with Crippen LogP contribution >= 0.6 is 0 Å². The van der Waals surface area contributed by atoms with Crippen molar-refractivity contribution in [2.24, 2.45) is 0 Å². The molecule has 0 fully saturated rings. The Labute approximate surface area is 145 Å². The summed E-state index contributed by atoms with van der Waals surface area (Å²) in [5.41, 5.74) is 2.15. The fraction of sp³-hybridized carbons (Fsp3) is 0.0500. The minimum Gasteiger partial charge on any atom is -0.439 e. The third-order valence-electron chi connectivity index (χ3n) is 3.73. The fourth-order valence-electron chi connectivity index (χ4n) is 2.54. The molecule has 0 amide bonds. The first-order valence-corrected chi connectivity index (χ1v) is 7.99. The molecule has 0 atom stereocenters. The van der Waals surface area contributed by atoms with Crippen molar-refractivity contribution >= 4 is 0 Å². The van der Waals surface area contributed by atoms with E-state index in [0.717, 1.165) is 17.3 Å². The van der Waals surface area contributed by atoms with Gasteiger partial charge in [0.15, 0.2) is 0 Å². The van der Waals surface area contributed by atoms with Crippen molar-refractivity contribution in [2.75, 3.05) is 0 Å². The van der Waals surface area contributed by atoms with Crippen molar-refractivity contribution in [3.63, 3.8) is 0 Å². The second-order valence-corrected chi connectivity index (χ2v) is 5.54. The molecule has 0 saturated carbocycles. The Morgan fingerprint density at radius 2 is 1.84 bits per heavy atom. The van der Waals surface area contributed by atoms with Crippen LogP contribution in [0.5, 0.6) is 11.6 Å². The van der Waals surface area contributed by atoms with Crippen molar-refractivity contribution in [1.82, 2.24) is 19.5 Å². The van der Waals surface area contributed by atoms with E-state index < -0.39 is 0 Å². The first kappa shape index (κ1) is 15.1. The second-order valence-electron chi connectivity index (χ2n) is 5.54. The Hall–Kier alpha value is -3.47. The van der Waals surface area contributed by atoms with Gasteiger partial charge in [0.1, 0.15) is 11.6 Å². The van der Waals surface area contributed by atoms with Gasteiger partial charge in [-0.1, -0.05) is 36.4 Å². The molecule has 5 heteroatoms. The molecule has 5 nitrogen and oxygen atoms in total. The van der Waals surface area contributed by atoms with E-state index in [-0.39, 0.29) is 0 Å². The van der Waals surface area contributed by atoms with Crippen molar-refractivity contribution in [2.45, 2.75) is 6.42 Å². The molecule has 2 heterocycles. The Balaban J connectivity index is 1.53. The smallest absolute Gasteiger partial charge is 0.222 e. The van der Waals surface area contributed by atoms with E-state index >= 15 is 0 Å². The number of hydrogen-bond donors (Lipinski definition) is 0. The van der Waals surface area contributed by atoms with Gasteiger partial charge in [0.05, 0.1) is 12.0 Å². The maximum absolute atomic E-state index is 5.91. The summed E-state index contributed by atoms with van der Waals surface area (Å²) < 4.78 is 7.83. The molecule has 4 aromatic rings. The van der Waals surface area contributed by atoms with Gasteiger partial charge in [-0.25, -0.2) is 9.97 Å². The molecule has 0 aliphatic heterocycles. The Kier molecular flexibility index (Phi) is 4.20. The van der Waals surface area contributed by atoms with Gasteiger partial charge in [0.2, 0.25) is 5.88 Å². The monoisotopic (exact) mass is 328 g/mol. The summed E-state index contributed by atoms with van der Waals surface area (Å²) in [6.07, 6.45) is 7.78. The van der Waals surface area contributed by atoms with Crippen LogP contribution in [0.2, 0.25) is 0 Å². The van der Waals surface area contributed by atoms with E-state index in [0.29, 0.717) is 12.3 Å². The molecule has 25 heavy (non-hydrogen) atoms. The number of hydrogen-bond acceptors (Lipinski definition) is 4. The van der Waals surface area contributed by atoms with E-state index in [1.165, 1.54) is 5.56 Å². The van der Waals surface area contributed by atoms with Crippen LogP contribution in [-0.2, 0) is 6.42 Å². The van der Waals surface area contributed by atoms with Crippen molar-refractivity contribution in [1.29, 1.82) is 0 Å². The highest BCUT2D eigenvalue weighted by Crippen LogP contribution is 2.22. The summed E-state index contributed by atoms with van der Waals surface area (Å²) in [5.74, 6) is 1.98. The average Bonchev–Trinajstić information content (AvgIpc) is 3.18. The molecule has 0 aliphatic carbocycles. The maximum atomic E-state index is 5.91. The standard InChI is InChI=1S/C20H16N4O/c1-2-5-16(6-3-1)13-19-22-10-9-20(23-19)25-18-8-4-7-17(14-18)24-12-11-21-15-24/h1-12,14-15H,13H2. The topological polar surface area (TPSA) is 52.8 Å².